The Labute approximate surface area is 196 Å². The third kappa shape index (κ3) is 5.90. The molecular formula is C26H21ClN2O2S. The minimum atomic E-state index is -0.168. The molecule has 4 aromatic carbocycles. The first kappa shape index (κ1) is 21.9. The second-order valence-corrected chi connectivity index (χ2v) is 8.47. The van der Waals surface area contributed by atoms with Crippen molar-refractivity contribution in [3.8, 4) is 5.75 Å². The van der Waals surface area contributed by atoms with Gasteiger partial charge in [0.15, 0.2) is 0 Å². The smallest absolute Gasteiger partial charge is 0.250 e. The van der Waals surface area contributed by atoms with Gasteiger partial charge in [0.2, 0.25) is 5.91 Å². The summed E-state index contributed by atoms with van der Waals surface area (Å²) in [6.07, 6.45) is 1.59. The highest BCUT2D eigenvalue weighted by molar-refractivity contribution is 8.00. The third-order valence-corrected chi connectivity index (χ3v) is 6.05. The number of carbonyl (C=O) groups excluding carboxylic acids is 1. The minimum absolute atomic E-state index is 0.168. The predicted molar refractivity (Wildman–Crippen MR) is 133 cm³/mol. The average Bonchev–Trinajstić information content (AvgIpc) is 2.83. The molecule has 0 aromatic heterocycles. The summed E-state index contributed by atoms with van der Waals surface area (Å²) in [6.45, 7) is 0.413. The van der Waals surface area contributed by atoms with Gasteiger partial charge < -0.3 is 4.74 Å². The zero-order valence-corrected chi connectivity index (χ0v) is 18.8. The number of ether oxygens (including phenoxy) is 1. The fourth-order valence-electron chi connectivity index (χ4n) is 3.13. The second kappa shape index (κ2) is 10.8. The number of hydrazone groups is 1. The molecule has 4 rings (SSSR count). The van der Waals surface area contributed by atoms with Gasteiger partial charge in [-0.3, -0.25) is 4.79 Å². The van der Waals surface area contributed by atoms with E-state index in [-0.39, 0.29) is 11.7 Å². The molecule has 0 radical (unpaired) electrons. The lowest BCUT2D eigenvalue weighted by Crippen LogP contribution is -2.19. The molecule has 4 nitrogen and oxygen atoms in total. The lowest BCUT2D eigenvalue weighted by Gasteiger charge is -2.09. The number of benzene rings is 4. The molecule has 0 aliphatic carbocycles. The van der Waals surface area contributed by atoms with Gasteiger partial charge >= 0.3 is 0 Å². The van der Waals surface area contributed by atoms with E-state index in [1.54, 1.807) is 6.21 Å². The standard InChI is InChI=1S/C26H21ClN2O2S/c27-22-14-12-19(13-15-22)17-31-24-10-4-2-7-21(24)16-28-29-26(30)18-32-25-11-5-8-20-6-1-3-9-23(20)25/h1-16H,17-18H2,(H,29,30)/b28-16-. The SMILES string of the molecule is O=C(CSc1cccc2ccccc12)N/N=C\c1ccccc1OCc1ccc(Cl)cc1. The normalized spacial score (nSPS) is 11.0. The van der Waals surface area contributed by atoms with Crippen LogP contribution in [0.4, 0.5) is 0 Å². The molecule has 0 fully saturated rings. The molecule has 1 amide bonds. The van der Waals surface area contributed by atoms with E-state index < -0.39 is 0 Å². The number of hydrogen-bond donors (Lipinski definition) is 1. The maximum Gasteiger partial charge on any atom is 0.250 e. The number of carbonyl (C=O) groups is 1. The topological polar surface area (TPSA) is 50.7 Å². The van der Waals surface area contributed by atoms with E-state index in [1.807, 2.05) is 72.8 Å². The Morgan fingerprint density at radius 3 is 2.56 bits per heavy atom. The van der Waals surface area contributed by atoms with Crippen molar-refractivity contribution in [3.63, 3.8) is 0 Å². The Hall–Kier alpha value is -3.28. The Kier molecular flexibility index (Phi) is 7.43. The van der Waals surface area contributed by atoms with Gasteiger partial charge in [-0.15, -0.1) is 11.8 Å². The fraction of sp³-hybridized carbons (Fsp3) is 0.0769. The number of rotatable bonds is 8. The van der Waals surface area contributed by atoms with Crippen molar-refractivity contribution >= 4 is 46.3 Å². The predicted octanol–water partition coefficient (Wildman–Crippen LogP) is 6.31. The molecule has 0 bridgehead atoms. The molecule has 4 aromatic rings. The second-order valence-electron chi connectivity index (χ2n) is 7.01. The van der Waals surface area contributed by atoms with Crippen LogP contribution in [0.3, 0.4) is 0 Å². The summed E-state index contributed by atoms with van der Waals surface area (Å²) >= 11 is 7.42. The Morgan fingerprint density at radius 1 is 0.938 bits per heavy atom. The molecule has 0 saturated carbocycles. The number of nitrogens with one attached hydrogen (secondary N) is 1. The summed E-state index contributed by atoms with van der Waals surface area (Å²) in [7, 11) is 0. The number of hydrogen-bond acceptors (Lipinski definition) is 4. The Balaban J connectivity index is 1.32. The summed E-state index contributed by atoms with van der Waals surface area (Å²) in [5.41, 5.74) is 4.39. The molecule has 0 spiro atoms. The van der Waals surface area contributed by atoms with Crippen molar-refractivity contribution in [2.45, 2.75) is 11.5 Å². The highest BCUT2D eigenvalue weighted by Gasteiger charge is 2.06. The van der Waals surface area contributed by atoms with Crippen molar-refractivity contribution in [1.29, 1.82) is 0 Å². The first-order valence-corrected chi connectivity index (χ1v) is 11.4. The summed E-state index contributed by atoms with van der Waals surface area (Å²) in [5.74, 6) is 0.796. The molecule has 0 unspecified atom stereocenters. The number of halogens is 1. The van der Waals surface area contributed by atoms with Crippen molar-refractivity contribution in [3.05, 3.63) is 107 Å². The van der Waals surface area contributed by atoms with E-state index in [2.05, 4.69) is 28.7 Å². The highest BCUT2D eigenvalue weighted by atomic mass is 35.5. The lowest BCUT2D eigenvalue weighted by molar-refractivity contribution is -0.118. The van der Waals surface area contributed by atoms with Gasteiger partial charge in [-0.05, 0) is 46.7 Å². The summed E-state index contributed by atoms with van der Waals surface area (Å²) in [6, 6.07) is 29.3. The zero-order chi connectivity index (χ0) is 22.2. The summed E-state index contributed by atoms with van der Waals surface area (Å²) < 4.78 is 5.92. The number of nitrogens with zero attached hydrogens (tertiary/aromatic N) is 1. The monoisotopic (exact) mass is 460 g/mol. The van der Waals surface area contributed by atoms with E-state index in [4.69, 9.17) is 16.3 Å². The zero-order valence-electron chi connectivity index (χ0n) is 17.2. The minimum Gasteiger partial charge on any atom is -0.488 e. The lowest BCUT2D eigenvalue weighted by atomic mass is 10.1. The van der Waals surface area contributed by atoms with Crippen LogP contribution in [0.2, 0.25) is 5.02 Å². The first-order valence-electron chi connectivity index (χ1n) is 10.1. The molecule has 1 N–H and O–H groups in total. The maximum absolute atomic E-state index is 12.3. The molecule has 0 saturated heterocycles. The number of thioether (sulfide) groups is 1. The molecule has 0 aliphatic rings. The van der Waals surface area contributed by atoms with E-state index in [0.29, 0.717) is 17.4 Å². The maximum atomic E-state index is 12.3. The molecular weight excluding hydrogens is 440 g/mol. The molecule has 0 atom stereocenters. The van der Waals surface area contributed by atoms with Gasteiger partial charge in [0.25, 0.3) is 0 Å². The molecule has 0 heterocycles. The van der Waals surface area contributed by atoms with Crippen LogP contribution < -0.4 is 10.2 Å². The van der Waals surface area contributed by atoms with Crippen molar-refractivity contribution in [2.75, 3.05) is 5.75 Å². The van der Waals surface area contributed by atoms with Gasteiger partial charge in [0.05, 0.1) is 12.0 Å². The number of amides is 1. The number of fused-ring (bicyclic) bond motifs is 1. The molecule has 0 aliphatic heterocycles. The number of para-hydroxylation sites is 1. The Bertz CT molecular complexity index is 1240. The largest absolute Gasteiger partial charge is 0.488 e. The average molecular weight is 461 g/mol. The van der Waals surface area contributed by atoms with Crippen LogP contribution in [0.5, 0.6) is 5.75 Å². The van der Waals surface area contributed by atoms with Crippen LogP contribution in [-0.2, 0) is 11.4 Å². The van der Waals surface area contributed by atoms with Gasteiger partial charge in [0.1, 0.15) is 12.4 Å². The van der Waals surface area contributed by atoms with Crippen LogP contribution in [0.1, 0.15) is 11.1 Å². The third-order valence-electron chi connectivity index (χ3n) is 4.73. The van der Waals surface area contributed by atoms with Crippen LogP contribution in [0.15, 0.2) is 101 Å². The van der Waals surface area contributed by atoms with Crippen molar-refractivity contribution < 1.29 is 9.53 Å². The molecule has 32 heavy (non-hydrogen) atoms. The highest BCUT2D eigenvalue weighted by Crippen LogP contribution is 2.27. The van der Waals surface area contributed by atoms with E-state index in [0.717, 1.165) is 26.8 Å². The molecule has 160 valence electrons. The summed E-state index contributed by atoms with van der Waals surface area (Å²) in [4.78, 5) is 13.4. The van der Waals surface area contributed by atoms with Crippen LogP contribution in [0, 0.1) is 0 Å². The first-order chi connectivity index (χ1) is 15.7. The summed E-state index contributed by atoms with van der Waals surface area (Å²) in [5, 5.41) is 7.10. The van der Waals surface area contributed by atoms with Gasteiger partial charge in [-0.1, -0.05) is 72.3 Å². The van der Waals surface area contributed by atoms with Crippen molar-refractivity contribution in [1.82, 2.24) is 5.43 Å². The van der Waals surface area contributed by atoms with Crippen molar-refractivity contribution in [2.24, 2.45) is 5.10 Å². The quantitative estimate of drug-likeness (QED) is 0.190. The van der Waals surface area contributed by atoms with Crippen LogP contribution in [0.25, 0.3) is 10.8 Å². The van der Waals surface area contributed by atoms with Gasteiger partial charge in [0, 0.05) is 15.5 Å². The van der Waals surface area contributed by atoms with Crippen LogP contribution >= 0.6 is 23.4 Å². The fourth-order valence-corrected chi connectivity index (χ4v) is 4.12. The van der Waals surface area contributed by atoms with E-state index in [9.17, 15) is 4.79 Å². The van der Waals surface area contributed by atoms with Gasteiger partial charge in [-0.2, -0.15) is 5.10 Å². The van der Waals surface area contributed by atoms with Gasteiger partial charge in [-0.25, -0.2) is 5.43 Å². The molecule has 6 heteroatoms. The Morgan fingerprint density at radius 2 is 1.69 bits per heavy atom. The van der Waals surface area contributed by atoms with Crippen LogP contribution in [-0.4, -0.2) is 17.9 Å². The van der Waals surface area contributed by atoms with E-state index >= 15 is 0 Å². The van der Waals surface area contributed by atoms with E-state index in [1.165, 1.54) is 11.8 Å².